The third-order valence-corrected chi connectivity index (χ3v) is 13.2. The minimum absolute atomic E-state index is 0.156. The number of para-hydroxylation sites is 1. The summed E-state index contributed by atoms with van der Waals surface area (Å²) < 4.78 is 20.0. The van der Waals surface area contributed by atoms with Gasteiger partial charge in [0.15, 0.2) is 0 Å². The van der Waals surface area contributed by atoms with E-state index in [1.54, 1.807) is 38.3 Å². The Hall–Kier alpha value is -5.30. The van der Waals surface area contributed by atoms with E-state index in [-0.39, 0.29) is 47.4 Å². The number of aryl methyl sites for hydroxylation is 1. The number of anilines is 1. The van der Waals surface area contributed by atoms with E-state index in [2.05, 4.69) is 20.5 Å². The highest BCUT2D eigenvalue weighted by molar-refractivity contribution is 7.18. The van der Waals surface area contributed by atoms with Crippen LogP contribution in [-0.4, -0.2) is 72.6 Å². The van der Waals surface area contributed by atoms with Crippen LogP contribution < -0.4 is 16.3 Å². The quantitative estimate of drug-likeness (QED) is 0.165. The van der Waals surface area contributed by atoms with Gasteiger partial charge in [0.2, 0.25) is 11.8 Å². The maximum Gasteiger partial charge on any atom is 0.329 e. The SMILES string of the molecule is Cn1c(=O)n([C@@H]2CCC(=O)NC2=O)c2cccc([C@@H]3CCN(CC4CCC(c5nc6cc(C(C)(C)O)c(NC(=O)c7cncc(C#N)c7)cc6s5)CC4)C[C@H]3F)c21. The van der Waals surface area contributed by atoms with Gasteiger partial charge in [-0.2, -0.15) is 5.26 Å². The Bertz CT molecular complexity index is 2510. The van der Waals surface area contributed by atoms with Crippen molar-refractivity contribution in [2.75, 3.05) is 25.0 Å². The van der Waals surface area contributed by atoms with Crippen LogP contribution in [-0.2, 0) is 22.2 Å². The second-order valence-electron chi connectivity index (χ2n) is 16.3. The molecular formula is C42H45FN8O5S. The number of likely N-dealkylation sites (tertiary alicyclic amines) is 1. The van der Waals surface area contributed by atoms with E-state index < -0.39 is 29.6 Å². The summed E-state index contributed by atoms with van der Waals surface area (Å²) in [6, 6.07) is 11.9. The van der Waals surface area contributed by atoms with Crippen molar-refractivity contribution in [2.45, 2.75) is 88.4 Å². The minimum Gasteiger partial charge on any atom is -0.386 e. The van der Waals surface area contributed by atoms with Crippen LogP contribution in [0.25, 0.3) is 21.3 Å². The Morgan fingerprint density at radius 3 is 2.61 bits per heavy atom. The zero-order valence-electron chi connectivity index (χ0n) is 32.1. The number of aliphatic hydroxyl groups is 1. The van der Waals surface area contributed by atoms with Crippen LogP contribution in [0.2, 0.25) is 0 Å². The van der Waals surface area contributed by atoms with E-state index in [1.165, 1.54) is 27.6 Å². The van der Waals surface area contributed by atoms with Crippen LogP contribution in [0.3, 0.4) is 0 Å². The van der Waals surface area contributed by atoms with Crippen LogP contribution in [0.1, 0.15) is 109 Å². The van der Waals surface area contributed by atoms with Crippen LogP contribution >= 0.6 is 11.3 Å². The van der Waals surface area contributed by atoms with E-state index in [0.29, 0.717) is 41.2 Å². The van der Waals surface area contributed by atoms with Gasteiger partial charge in [0.25, 0.3) is 5.91 Å². The lowest BCUT2D eigenvalue weighted by Gasteiger charge is -2.38. The summed E-state index contributed by atoms with van der Waals surface area (Å²) in [4.78, 5) is 62.3. The highest BCUT2D eigenvalue weighted by Gasteiger charge is 2.36. The topological polar surface area (TPSA) is 175 Å². The van der Waals surface area contributed by atoms with Gasteiger partial charge >= 0.3 is 5.69 Å². The molecule has 0 unspecified atom stereocenters. The third-order valence-electron chi connectivity index (χ3n) is 12.0. The molecule has 3 aromatic heterocycles. The third kappa shape index (κ3) is 7.49. The second-order valence-corrected chi connectivity index (χ2v) is 17.3. The first-order valence-corrected chi connectivity index (χ1v) is 20.3. The molecule has 0 spiro atoms. The van der Waals surface area contributed by atoms with Gasteiger partial charge in [-0.05, 0) is 94.7 Å². The van der Waals surface area contributed by atoms with Crippen molar-refractivity contribution >= 4 is 56.0 Å². The van der Waals surface area contributed by atoms with Crippen LogP contribution in [0.4, 0.5) is 10.1 Å². The van der Waals surface area contributed by atoms with Gasteiger partial charge in [-0.25, -0.2) is 14.2 Å². The fourth-order valence-corrected chi connectivity index (χ4v) is 10.2. The molecule has 2 aliphatic heterocycles. The van der Waals surface area contributed by atoms with Crippen molar-refractivity contribution in [2.24, 2.45) is 13.0 Å². The molecule has 296 valence electrons. The number of benzene rings is 2. The number of halogens is 1. The molecule has 3 fully saturated rings. The van der Waals surface area contributed by atoms with Gasteiger partial charge in [-0.1, -0.05) is 12.1 Å². The van der Waals surface area contributed by atoms with Crippen molar-refractivity contribution in [3.63, 3.8) is 0 Å². The molecule has 5 aromatic rings. The number of thiazole rings is 1. The molecule has 0 radical (unpaired) electrons. The molecule has 57 heavy (non-hydrogen) atoms. The van der Waals surface area contributed by atoms with Gasteiger partial charge in [0, 0.05) is 62.0 Å². The predicted octanol–water partition coefficient (Wildman–Crippen LogP) is 5.78. The molecule has 2 saturated heterocycles. The number of piperidine rings is 2. The number of nitrogens with one attached hydrogen (secondary N) is 2. The Morgan fingerprint density at radius 2 is 1.89 bits per heavy atom. The molecule has 5 heterocycles. The number of hydrogen-bond donors (Lipinski definition) is 3. The average Bonchev–Trinajstić information content (AvgIpc) is 3.72. The smallest absolute Gasteiger partial charge is 0.329 e. The Morgan fingerprint density at radius 1 is 1.11 bits per heavy atom. The predicted molar refractivity (Wildman–Crippen MR) is 214 cm³/mol. The molecule has 1 aliphatic carbocycles. The number of amides is 3. The minimum atomic E-state index is -1.26. The van der Waals surface area contributed by atoms with E-state index in [4.69, 9.17) is 4.98 Å². The van der Waals surface area contributed by atoms with Gasteiger partial charge in [0.1, 0.15) is 18.3 Å². The molecular weight excluding hydrogens is 748 g/mol. The lowest BCUT2D eigenvalue weighted by molar-refractivity contribution is -0.135. The van der Waals surface area contributed by atoms with Crippen LogP contribution in [0, 0.1) is 17.2 Å². The number of nitrogens with zero attached hydrogens (tertiary/aromatic N) is 6. The molecule has 15 heteroatoms. The van der Waals surface area contributed by atoms with E-state index in [0.717, 1.165) is 59.6 Å². The van der Waals surface area contributed by atoms with Crippen molar-refractivity contribution in [3.8, 4) is 6.07 Å². The van der Waals surface area contributed by atoms with E-state index in [9.17, 15) is 29.5 Å². The van der Waals surface area contributed by atoms with Gasteiger partial charge in [0.05, 0.1) is 43.0 Å². The molecule has 3 aliphatic rings. The van der Waals surface area contributed by atoms with Crippen LogP contribution in [0.5, 0.6) is 0 Å². The molecule has 2 aromatic carbocycles. The zero-order valence-corrected chi connectivity index (χ0v) is 32.9. The zero-order chi connectivity index (χ0) is 40.2. The standard InChI is InChI=1S/C42H45FN8O5S/c1-42(2,56)29-16-32-35(17-31(29)46-38(53)26-15-24(18-44)19-45-20-26)57-40(47-32)25-9-7-23(8-10-25)21-50-14-13-27(30(43)22-50)28-5-4-6-33-37(28)49(3)41(55)51(33)34-11-12-36(52)48-39(34)54/h4-6,15-17,19-20,23,25,27,30,34,56H,7-14,21-22H2,1-3H3,(H,46,53)(H,48,52,54)/t23?,25?,27-,30+,34+/m0/s1. The van der Waals surface area contributed by atoms with Crippen molar-refractivity contribution < 1.29 is 23.9 Å². The number of rotatable bonds is 8. The van der Waals surface area contributed by atoms with E-state index in [1.807, 2.05) is 30.3 Å². The summed E-state index contributed by atoms with van der Waals surface area (Å²) in [6.45, 7) is 5.19. The number of alkyl halides is 1. The Labute approximate surface area is 332 Å². The monoisotopic (exact) mass is 792 g/mol. The first-order valence-electron chi connectivity index (χ1n) is 19.5. The number of aromatic nitrogens is 4. The number of carbonyl (C=O) groups is 3. The van der Waals surface area contributed by atoms with Gasteiger partial charge in [-0.15, -0.1) is 11.3 Å². The van der Waals surface area contributed by atoms with Crippen molar-refractivity contribution in [1.29, 1.82) is 5.26 Å². The molecule has 8 rings (SSSR count). The lowest BCUT2D eigenvalue weighted by atomic mass is 9.81. The highest BCUT2D eigenvalue weighted by atomic mass is 32.1. The van der Waals surface area contributed by atoms with E-state index >= 15 is 4.39 Å². The summed E-state index contributed by atoms with van der Waals surface area (Å²) in [5.74, 6) is -0.943. The highest BCUT2D eigenvalue weighted by Crippen LogP contribution is 2.42. The summed E-state index contributed by atoms with van der Waals surface area (Å²) in [6.07, 6.45) is 6.60. The maximum atomic E-state index is 16.2. The molecule has 13 nitrogen and oxygen atoms in total. The Balaban J connectivity index is 0.913. The average molecular weight is 793 g/mol. The molecule has 3 atom stereocenters. The fraction of sp³-hybridized carbons (Fsp3) is 0.452. The fourth-order valence-electron chi connectivity index (χ4n) is 9.03. The van der Waals surface area contributed by atoms with Crippen LogP contribution in [0.15, 0.2) is 53.6 Å². The Kier molecular flexibility index (Phi) is 10.3. The summed E-state index contributed by atoms with van der Waals surface area (Å²) in [5, 5.41) is 26.6. The molecule has 0 bridgehead atoms. The second kappa shape index (κ2) is 15.2. The largest absolute Gasteiger partial charge is 0.386 e. The number of imidazole rings is 1. The number of pyridine rings is 1. The lowest BCUT2D eigenvalue weighted by Crippen LogP contribution is -2.44. The number of imide groups is 1. The normalized spacial score (nSPS) is 23.4. The molecule has 3 amide bonds. The first-order chi connectivity index (χ1) is 27.3. The molecule has 3 N–H and O–H groups in total. The number of nitriles is 1. The van der Waals surface area contributed by atoms with Gasteiger partial charge in [-0.3, -0.25) is 33.8 Å². The van der Waals surface area contributed by atoms with Crippen molar-refractivity contribution in [1.82, 2.24) is 29.3 Å². The number of carbonyl (C=O) groups excluding carboxylic acids is 3. The van der Waals surface area contributed by atoms with Gasteiger partial charge < -0.3 is 15.3 Å². The summed E-state index contributed by atoms with van der Waals surface area (Å²) in [5.41, 5.74) is 2.68. The number of fused-ring (bicyclic) bond motifs is 2. The summed E-state index contributed by atoms with van der Waals surface area (Å²) >= 11 is 1.60. The van der Waals surface area contributed by atoms with Crippen molar-refractivity contribution in [3.05, 3.63) is 86.5 Å². The maximum absolute atomic E-state index is 16.2. The summed E-state index contributed by atoms with van der Waals surface area (Å²) in [7, 11) is 1.66. The first kappa shape index (κ1) is 38.6. The molecule has 1 saturated carbocycles. The number of hydrogen-bond acceptors (Lipinski definition) is 10.